The third-order valence-electron chi connectivity index (χ3n) is 4.93. The van der Waals surface area contributed by atoms with Crippen molar-refractivity contribution in [1.82, 2.24) is 15.0 Å². The Balaban J connectivity index is 1.55. The second kappa shape index (κ2) is 14.3. The topological polar surface area (TPSA) is 53.9 Å². The quantitative estimate of drug-likeness (QED) is 0.145. The average molecular weight is 682 g/mol. The third-order valence-corrected chi connectivity index (χ3v) is 10.7. The zero-order valence-electron chi connectivity index (χ0n) is 20.2. The SMILES string of the molecule is Clc1ccccc1SNc1nc(Sc2ccccc2Cl)nc(N(Sc2ccccc2Cl)Sc2ccccc2Cl)n1. The molecule has 40 heavy (non-hydrogen) atoms. The fourth-order valence-corrected chi connectivity index (χ4v) is 7.35. The summed E-state index contributed by atoms with van der Waals surface area (Å²) in [5.74, 6) is 0.718. The molecule has 1 heterocycles. The molecule has 0 aliphatic heterocycles. The highest BCUT2D eigenvalue weighted by Crippen LogP contribution is 2.43. The fraction of sp³-hybridized carbons (Fsp3) is 0. The van der Waals surface area contributed by atoms with Crippen LogP contribution in [0.4, 0.5) is 11.9 Å². The minimum atomic E-state index is 0.342. The van der Waals surface area contributed by atoms with Gasteiger partial charge in [-0.25, -0.2) is 3.71 Å². The van der Waals surface area contributed by atoms with Crippen LogP contribution < -0.4 is 8.43 Å². The highest BCUT2D eigenvalue weighted by atomic mass is 35.5. The van der Waals surface area contributed by atoms with Crippen LogP contribution in [0.15, 0.2) is 122 Å². The molecule has 1 aromatic heterocycles. The van der Waals surface area contributed by atoms with Gasteiger partial charge >= 0.3 is 0 Å². The van der Waals surface area contributed by atoms with Gasteiger partial charge in [0.1, 0.15) is 0 Å². The molecule has 5 nitrogen and oxygen atoms in total. The standard InChI is InChI=1S/C27H17Cl4N5S4/c28-17-9-1-5-13-21(17)37-27-33-25(35-38-22-14-6-2-10-18(22)29)32-26(34-27)36(39-23-15-7-3-11-19(23)30)40-24-16-8-4-12-20(24)31/h1-16H,(H,32,33,34,35). The fourth-order valence-electron chi connectivity index (χ4n) is 3.09. The first-order valence-corrected chi connectivity index (χ1v) is 16.2. The lowest BCUT2D eigenvalue weighted by atomic mass is 10.4. The van der Waals surface area contributed by atoms with Gasteiger partial charge in [-0.2, -0.15) is 15.0 Å². The van der Waals surface area contributed by atoms with Crippen LogP contribution in [0.3, 0.4) is 0 Å². The van der Waals surface area contributed by atoms with E-state index in [1.54, 1.807) is 0 Å². The van der Waals surface area contributed by atoms with Crippen molar-refractivity contribution in [3.8, 4) is 0 Å². The smallest absolute Gasteiger partial charge is 0.252 e. The van der Waals surface area contributed by atoms with Gasteiger partial charge in [0.05, 0.1) is 20.1 Å². The maximum atomic E-state index is 6.53. The van der Waals surface area contributed by atoms with Crippen molar-refractivity contribution in [2.24, 2.45) is 0 Å². The Kier molecular flexibility index (Phi) is 10.6. The van der Waals surface area contributed by atoms with Gasteiger partial charge in [-0.05, 0) is 72.2 Å². The molecule has 202 valence electrons. The predicted octanol–water partition coefficient (Wildman–Crippen LogP) is 11.0. The van der Waals surface area contributed by atoms with Crippen LogP contribution in [0.25, 0.3) is 0 Å². The Morgan fingerprint density at radius 1 is 0.525 bits per heavy atom. The van der Waals surface area contributed by atoms with Crippen molar-refractivity contribution >= 4 is 106 Å². The number of benzene rings is 4. The monoisotopic (exact) mass is 679 g/mol. The minimum Gasteiger partial charge on any atom is -0.294 e. The molecule has 0 saturated heterocycles. The first-order chi connectivity index (χ1) is 19.5. The first kappa shape index (κ1) is 29.5. The van der Waals surface area contributed by atoms with Gasteiger partial charge < -0.3 is 0 Å². The lowest BCUT2D eigenvalue weighted by Gasteiger charge is -2.21. The van der Waals surface area contributed by atoms with Gasteiger partial charge in [-0.3, -0.25) is 4.72 Å². The summed E-state index contributed by atoms with van der Waals surface area (Å²) in [6.07, 6.45) is 0. The van der Waals surface area contributed by atoms with Crippen LogP contribution in [0.2, 0.25) is 20.1 Å². The molecule has 0 fully saturated rings. The Morgan fingerprint density at radius 3 is 1.48 bits per heavy atom. The zero-order chi connectivity index (χ0) is 27.9. The maximum absolute atomic E-state index is 6.53. The van der Waals surface area contributed by atoms with E-state index in [-0.39, 0.29) is 0 Å². The van der Waals surface area contributed by atoms with E-state index in [9.17, 15) is 0 Å². The zero-order valence-corrected chi connectivity index (χ0v) is 26.5. The molecular formula is C27H17Cl4N5S4. The number of nitrogens with zero attached hydrogens (tertiary/aromatic N) is 4. The highest BCUT2D eigenvalue weighted by molar-refractivity contribution is 8.18. The third kappa shape index (κ3) is 7.86. The van der Waals surface area contributed by atoms with Gasteiger partial charge in [-0.15, -0.1) is 0 Å². The molecule has 0 bridgehead atoms. The predicted molar refractivity (Wildman–Crippen MR) is 173 cm³/mol. The molecule has 0 aliphatic carbocycles. The molecule has 0 atom stereocenters. The van der Waals surface area contributed by atoms with Crippen molar-refractivity contribution in [2.45, 2.75) is 24.7 Å². The summed E-state index contributed by atoms with van der Waals surface area (Å²) in [4.78, 5) is 17.5. The van der Waals surface area contributed by atoms with Gasteiger partial charge in [0.2, 0.25) is 5.95 Å². The van der Waals surface area contributed by atoms with Gasteiger partial charge in [0.25, 0.3) is 5.95 Å². The number of anilines is 2. The number of nitrogens with one attached hydrogen (secondary N) is 1. The van der Waals surface area contributed by atoms with Gasteiger partial charge in [0.15, 0.2) is 5.16 Å². The summed E-state index contributed by atoms with van der Waals surface area (Å²) in [6.45, 7) is 0. The van der Waals surface area contributed by atoms with E-state index in [4.69, 9.17) is 56.4 Å². The summed E-state index contributed by atoms with van der Waals surface area (Å²) >= 11 is 31.3. The van der Waals surface area contributed by atoms with Gasteiger partial charge in [-0.1, -0.05) is 94.9 Å². The van der Waals surface area contributed by atoms with E-state index in [2.05, 4.69) is 9.71 Å². The Bertz CT molecular complexity index is 1580. The Hall–Kier alpha value is -1.95. The van der Waals surface area contributed by atoms with E-state index in [0.717, 1.165) is 19.6 Å². The first-order valence-electron chi connectivity index (χ1n) is 11.5. The maximum Gasteiger partial charge on any atom is 0.252 e. The number of halogens is 4. The van der Waals surface area contributed by atoms with Crippen LogP contribution in [-0.4, -0.2) is 15.0 Å². The van der Waals surface area contributed by atoms with E-state index in [0.29, 0.717) is 37.1 Å². The van der Waals surface area contributed by atoms with E-state index in [1.165, 1.54) is 47.6 Å². The molecule has 0 radical (unpaired) electrons. The molecule has 0 saturated carbocycles. The molecule has 4 aromatic carbocycles. The van der Waals surface area contributed by atoms with Crippen LogP contribution in [0.1, 0.15) is 0 Å². The summed E-state index contributed by atoms with van der Waals surface area (Å²) < 4.78 is 5.07. The molecule has 13 heteroatoms. The van der Waals surface area contributed by atoms with Crippen molar-refractivity contribution in [3.05, 3.63) is 117 Å². The normalized spacial score (nSPS) is 10.9. The number of aromatic nitrogens is 3. The van der Waals surface area contributed by atoms with Crippen LogP contribution in [-0.2, 0) is 0 Å². The second-order valence-corrected chi connectivity index (χ2v) is 13.4. The molecule has 1 N–H and O–H groups in total. The second-order valence-electron chi connectivity index (χ2n) is 7.71. The van der Waals surface area contributed by atoms with Crippen molar-refractivity contribution in [3.63, 3.8) is 0 Å². The summed E-state index contributed by atoms with van der Waals surface area (Å²) in [5, 5.41) is 2.87. The van der Waals surface area contributed by atoms with Crippen LogP contribution in [0.5, 0.6) is 0 Å². The molecule has 0 aliphatic rings. The van der Waals surface area contributed by atoms with E-state index in [1.807, 2.05) is 101 Å². The Morgan fingerprint density at radius 2 is 0.975 bits per heavy atom. The van der Waals surface area contributed by atoms with Gasteiger partial charge in [0, 0.05) is 43.5 Å². The van der Waals surface area contributed by atoms with E-state index < -0.39 is 0 Å². The lowest BCUT2D eigenvalue weighted by Crippen LogP contribution is -2.11. The Labute approximate surface area is 269 Å². The minimum absolute atomic E-state index is 0.342. The molecule has 0 unspecified atom stereocenters. The van der Waals surface area contributed by atoms with E-state index >= 15 is 0 Å². The highest BCUT2D eigenvalue weighted by Gasteiger charge is 2.21. The number of hydrogen-bond donors (Lipinski definition) is 1. The van der Waals surface area contributed by atoms with Crippen molar-refractivity contribution < 1.29 is 0 Å². The average Bonchev–Trinajstić information content (AvgIpc) is 2.95. The number of rotatable bonds is 10. The van der Waals surface area contributed by atoms with Crippen LogP contribution in [0, 0.1) is 0 Å². The van der Waals surface area contributed by atoms with Crippen LogP contribution >= 0.6 is 94.0 Å². The van der Waals surface area contributed by atoms with Crippen molar-refractivity contribution in [2.75, 3.05) is 8.43 Å². The summed E-state index contributed by atoms with van der Waals surface area (Å²) in [5.41, 5.74) is 0. The number of hydrogen-bond acceptors (Lipinski definition) is 9. The molecule has 0 amide bonds. The molecule has 0 spiro atoms. The summed E-state index contributed by atoms with van der Waals surface area (Å²) in [7, 11) is 0. The summed E-state index contributed by atoms with van der Waals surface area (Å²) in [6, 6.07) is 30.2. The molecular weight excluding hydrogens is 664 g/mol. The lowest BCUT2D eigenvalue weighted by molar-refractivity contribution is 0.921. The largest absolute Gasteiger partial charge is 0.294 e. The molecule has 5 aromatic rings. The molecule has 5 rings (SSSR count). The van der Waals surface area contributed by atoms with Crippen molar-refractivity contribution in [1.29, 1.82) is 0 Å².